The predicted octanol–water partition coefficient (Wildman–Crippen LogP) is 4.70. The Morgan fingerprint density at radius 3 is 2.34 bits per heavy atom. The number of carbonyl (C=O) groups is 1. The van der Waals surface area contributed by atoms with Crippen molar-refractivity contribution in [2.24, 2.45) is 4.99 Å². The molecule has 174 valence electrons. The molecule has 1 heterocycles. The Labute approximate surface area is 203 Å². The number of hydrogen-bond donors (Lipinski definition) is 2. The number of benzene rings is 2. The van der Waals surface area contributed by atoms with Crippen molar-refractivity contribution in [3.63, 3.8) is 0 Å². The van der Waals surface area contributed by atoms with Crippen LogP contribution in [0, 0.1) is 0 Å². The summed E-state index contributed by atoms with van der Waals surface area (Å²) in [7, 11) is 0. The third-order valence-electron chi connectivity index (χ3n) is 5.14. The fourth-order valence-electron chi connectivity index (χ4n) is 3.45. The minimum absolute atomic E-state index is 0. The highest BCUT2D eigenvalue weighted by Gasteiger charge is 2.29. The average Bonchev–Trinajstić information content (AvgIpc) is 3.15. The molecule has 1 aliphatic heterocycles. The number of rotatable bonds is 7. The maximum absolute atomic E-state index is 12.7. The van der Waals surface area contributed by atoms with Crippen molar-refractivity contribution in [3.05, 3.63) is 70.8 Å². The van der Waals surface area contributed by atoms with Crippen LogP contribution in [0.1, 0.15) is 42.0 Å². The van der Waals surface area contributed by atoms with E-state index in [4.69, 9.17) is 0 Å². The molecular weight excluding hydrogens is 532 g/mol. The number of guanidine groups is 1. The third-order valence-corrected chi connectivity index (χ3v) is 5.14. The number of nitrogens with one attached hydrogen (secondary N) is 2. The Bertz CT molecular complexity index is 916. The van der Waals surface area contributed by atoms with Crippen LogP contribution < -0.4 is 10.6 Å². The topological polar surface area (TPSA) is 56.7 Å². The zero-order valence-electron chi connectivity index (χ0n) is 17.9. The lowest BCUT2D eigenvalue weighted by atomic mass is 10.1. The molecule has 3 rings (SSSR count). The molecular formula is C23H28F3IN4O. The van der Waals surface area contributed by atoms with Gasteiger partial charge in [-0.2, -0.15) is 13.2 Å². The Hall–Kier alpha value is -2.30. The van der Waals surface area contributed by atoms with Gasteiger partial charge in [-0.3, -0.25) is 4.79 Å². The summed E-state index contributed by atoms with van der Waals surface area (Å²) < 4.78 is 38.1. The maximum Gasteiger partial charge on any atom is 0.416 e. The van der Waals surface area contributed by atoms with Crippen molar-refractivity contribution < 1.29 is 18.0 Å². The number of nitrogens with zero attached hydrogens (tertiary/aromatic N) is 2. The molecule has 0 spiro atoms. The van der Waals surface area contributed by atoms with Crippen LogP contribution >= 0.6 is 24.0 Å². The lowest BCUT2D eigenvalue weighted by molar-refractivity contribution is -0.137. The van der Waals surface area contributed by atoms with Gasteiger partial charge in [0.2, 0.25) is 5.91 Å². The number of carbonyl (C=O) groups excluding carboxylic acids is 1. The SMILES string of the molecule is CCNC(=NCc1ccc(C(F)(F)F)cc1)NCc1ccccc1CN1CCCC1=O.I. The average molecular weight is 560 g/mol. The first-order valence-electron chi connectivity index (χ1n) is 10.4. The van der Waals surface area contributed by atoms with Crippen LogP contribution in [0.4, 0.5) is 13.2 Å². The molecule has 2 aromatic rings. The van der Waals surface area contributed by atoms with Crippen molar-refractivity contribution >= 4 is 35.8 Å². The van der Waals surface area contributed by atoms with Gasteiger partial charge in [0.25, 0.3) is 0 Å². The number of halogens is 4. The smallest absolute Gasteiger partial charge is 0.357 e. The summed E-state index contributed by atoms with van der Waals surface area (Å²) in [5, 5.41) is 6.43. The first kappa shape index (κ1) is 26.0. The fraction of sp³-hybridized carbons (Fsp3) is 0.391. The Kier molecular flexibility index (Phi) is 9.80. The van der Waals surface area contributed by atoms with E-state index in [-0.39, 0.29) is 36.4 Å². The molecule has 2 N–H and O–H groups in total. The Morgan fingerprint density at radius 2 is 1.75 bits per heavy atom. The standard InChI is InChI=1S/C23H27F3N4O.HI/c1-2-27-22(28-14-17-9-11-20(12-10-17)23(24,25)26)29-15-18-6-3-4-7-19(18)16-30-13-5-8-21(30)31;/h3-4,6-7,9-12H,2,5,8,13-16H2,1H3,(H2,27,28,29);1H. The molecule has 2 aromatic carbocycles. The summed E-state index contributed by atoms with van der Waals surface area (Å²) in [6, 6.07) is 13.0. The van der Waals surface area contributed by atoms with Crippen LogP contribution in [0.5, 0.6) is 0 Å². The highest BCUT2D eigenvalue weighted by Crippen LogP contribution is 2.29. The van der Waals surface area contributed by atoms with Crippen LogP contribution in [0.2, 0.25) is 0 Å². The van der Waals surface area contributed by atoms with Gasteiger partial charge in [0.15, 0.2) is 5.96 Å². The molecule has 0 saturated carbocycles. The van der Waals surface area contributed by atoms with Gasteiger partial charge in [-0.05, 0) is 42.2 Å². The van der Waals surface area contributed by atoms with E-state index in [1.807, 2.05) is 36.1 Å². The van der Waals surface area contributed by atoms with E-state index in [1.165, 1.54) is 12.1 Å². The lowest BCUT2D eigenvalue weighted by Crippen LogP contribution is -2.37. The van der Waals surface area contributed by atoms with Gasteiger partial charge in [0.1, 0.15) is 0 Å². The summed E-state index contributed by atoms with van der Waals surface area (Å²) in [5.41, 5.74) is 2.18. The molecule has 0 aromatic heterocycles. The van der Waals surface area contributed by atoms with E-state index in [0.29, 0.717) is 37.6 Å². The Morgan fingerprint density at radius 1 is 1.06 bits per heavy atom. The van der Waals surface area contributed by atoms with Gasteiger partial charge in [0.05, 0.1) is 12.1 Å². The predicted molar refractivity (Wildman–Crippen MR) is 130 cm³/mol. The second-order valence-electron chi connectivity index (χ2n) is 7.43. The quantitative estimate of drug-likeness (QED) is 0.294. The van der Waals surface area contributed by atoms with Crippen molar-refractivity contribution in [1.29, 1.82) is 0 Å². The Balaban J connectivity index is 0.00000363. The number of amides is 1. The normalized spacial score (nSPS) is 14.3. The van der Waals surface area contributed by atoms with Crippen molar-refractivity contribution in [2.45, 2.75) is 45.6 Å². The van der Waals surface area contributed by atoms with E-state index in [9.17, 15) is 18.0 Å². The monoisotopic (exact) mass is 560 g/mol. The molecule has 0 aliphatic carbocycles. The van der Waals surface area contributed by atoms with Gasteiger partial charge >= 0.3 is 6.18 Å². The minimum Gasteiger partial charge on any atom is -0.357 e. The number of hydrogen-bond acceptors (Lipinski definition) is 2. The van der Waals surface area contributed by atoms with E-state index in [0.717, 1.165) is 36.2 Å². The molecule has 0 radical (unpaired) electrons. The molecule has 1 saturated heterocycles. The van der Waals surface area contributed by atoms with E-state index >= 15 is 0 Å². The summed E-state index contributed by atoms with van der Waals surface area (Å²) in [4.78, 5) is 18.3. The van der Waals surface area contributed by atoms with Gasteiger partial charge in [-0.15, -0.1) is 24.0 Å². The van der Waals surface area contributed by atoms with Crippen molar-refractivity contribution in [3.8, 4) is 0 Å². The van der Waals surface area contributed by atoms with Crippen LogP contribution in [-0.2, 0) is 30.6 Å². The molecule has 1 amide bonds. The fourth-order valence-corrected chi connectivity index (χ4v) is 3.45. The molecule has 1 fully saturated rings. The summed E-state index contributed by atoms with van der Waals surface area (Å²) >= 11 is 0. The van der Waals surface area contributed by atoms with Gasteiger partial charge in [-0.1, -0.05) is 36.4 Å². The van der Waals surface area contributed by atoms with Crippen LogP contribution in [-0.4, -0.2) is 29.9 Å². The van der Waals surface area contributed by atoms with Gasteiger partial charge in [-0.25, -0.2) is 4.99 Å². The zero-order valence-corrected chi connectivity index (χ0v) is 20.2. The highest BCUT2D eigenvalue weighted by molar-refractivity contribution is 14.0. The van der Waals surface area contributed by atoms with Crippen LogP contribution in [0.3, 0.4) is 0 Å². The third kappa shape index (κ3) is 7.39. The summed E-state index contributed by atoms with van der Waals surface area (Å²) in [6.45, 7) is 4.77. The summed E-state index contributed by atoms with van der Waals surface area (Å²) in [5.74, 6) is 0.767. The summed E-state index contributed by atoms with van der Waals surface area (Å²) in [6.07, 6.45) is -2.83. The maximum atomic E-state index is 12.7. The second kappa shape index (κ2) is 12.1. The van der Waals surface area contributed by atoms with Crippen LogP contribution in [0.25, 0.3) is 0 Å². The number of alkyl halides is 3. The van der Waals surface area contributed by atoms with E-state index < -0.39 is 11.7 Å². The molecule has 9 heteroatoms. The van der Waals surface area contributed by atoms with Crippen LogP contribution in [0.15, 0.2) is 53.5 Å². The molecule has 1 aliphatic rings. The first-order chi connectivity index (χ1) is 14.9. The first-order valence-corrected chi connectivity index (χ1v) is 10.4. The largest absolute Gasteiger partial charge is 0.416 e. The second-order valence-corrected chi connectivity index (χ2v) is 7.43. The number of likely N-dealkylation sites (tertiary alicyclic amines) is 1. The molecule has 0 bridgehead atoms. The van der Waals surface area contributed by atoms with Gasteiger partial charge in [0, 0.05) is 32.6 Å². The van der Waals surface area contributed by atoms with E-state index in [1.54, 1.807) is 0 Å². The van der Waals surface area contributed by atoms with Crippen molar-refractivity contribution in [1.82, 2.24) is 15.5 Å². The molecule has 0 unspecified atom stereocenters. The molecule has 5 nitrogen and oxygen atoms in total. The van der Waals surface area contributed by atoms with Crippen molar-refractivity contribution in [2.75, 3.05) is 13.1 Å². The zero-order chi connectivity index (χ0) is 22.3. The lowest BCUT2D eigenvalue weighted by Gasteiger charge is -2.19. The van der Waals surface area contributed by atoms with E-state index in [2.05, 4.69) is 15.6 Å². The van der Waals surface area contributed by atoms with Gasteiger partial charge < -0.3 is 15.5 Å². The molecule has 32 heavy (non-hydrogen) atoms. The highest BCUT2D eigenvalue weighted by atomic mass is 127. The minimum atomic E-state index is -4.34. The molecule has 0 atom stereocenters. The number of aliphatic imine (C=N–C) groups is 1.